The minimum atomic E-state index is -0.273. The number of hydrogen-bond acceptors (Lipinski definition) is 2. The Morgan fingerprint density at radius 1 is 1.25 bits per heavy atom. The zero-order valence-corrected chi connectivity index (χ0v) is 17.8. The van der Waals surface area contributed by atoms with Crippen molar-refractivity contribution in [2.24, 2.45) is 4.99 Å². The molecule has 134 valence electrons. The van der Waals surface area contributed by atoms with Crippen LogP contribution < -0.4 is 5.32 Å². The Bertz CT molecular complexity index is 571. The van der Waals surface area contributed by atoms with E-state index >= 15 is 0 Å². The van der Waals surface area contributed by atoms with E-state index in [-0.39, 0.29) is 35.7 Å². The third kappa shape index (κ3) is 6.19. The second-order valence-electron chi connectivity index (χ2n) is 5.44. The second kappa shape index (κ2) is 10.2. The molecule has 5 nitrogen and oxygen atoms in total. The molecular weight excluding hydrogens is 490 g/mol. The van der Waals surface area contributed by atoms with Gasteiger partial charge in [0.15, 0.2) is 5.96 Å². The van der Waals surface area contributed by atoms with Gasteiger partial charge in [-0.15, -0.1) is 24.0 Å². The molecule has 24 heavy (non-hydrogen) atoms. The number of nitrogens with one attached hydrogen (secondary N) is 1. The van der Waals surface area contributed by atoms with E-state index in [1.807, 2.05) is 17.9 Å². The minimum absolute atomic E-state index is 0. The average Bonchev–Trinajstić information content (AvgIpc) is 2.50. The van der Waals surface area contributed by atoms with Gasteiger partial charge in [-0.3, -0.25) is 4.79 Å². The van der Waals surface area contributed by atoms with E-state index in [1.54, 1.807) is 6.92 Å². The highest BCUT2D eigenvalue weighted by molar-refractivity contribution is 14.0. The molecule has 1 amide bonds. The van der Waals surface area contributed by atoms with Crippen LogP contribution in [0.2, 0.25) is 0 Å². The Kier molecular flexibility index (Phi) is 8.96. The van der Waals surface area contributed by atoms with E-state index in [1.165, 1.54) is 12.1 Å². The van der Waals surface area contributed by atoms with Crippen molar-refractivity contribution in [2.75, 3.05) is 32.7 Å². The van der Waals surface area contributed by atoms with Gasteiger partial charge in [0.2, 0.25) is 5.91 Å². The molecule has 0 unspecified atom stereocenters. The van der Waals surface area contributed by atoms with Gasteiger partial charge in [-0.05, 0) is 30.7 Å². The van der Waals surface area contributed by atoms with E-state index in [0.29, 0.717) is 24.1 Å². The van der Waals surface area contributed by atoms with Gasteiger partial charge in [-0.25, -0.2) is 9.38 Å². The van der Waals surface area contributed by atoms with Crippen molar-refractivity contribution >= 4 is 51.8 Å². The maximum atomic E-state index is 13.4. The molecule has 1 aliphatic rings. The smallest absolute Gasteiger partial charge is 0.219 e. The molecule has 1 aromatic carbocycles. The standard InChI is InChI=1S/C16H22BrFN4O.HI/c1-3-19-16(22-6-4-21(5-7-22)12(2)23)20-11-13-8-14(17)10-15(18)9-13;/h8-10H,3-7,11H2,1-2H3,(H,19,20);1H. The van der Waals surface area contributed by atoms with Crippen molar-refractivity contribution in [3.05, 3.63) is 34.1 Å². The molecule has 0 aromatic heterocycles. The van der Waals surface area contributed by atoms with Gasteiger partial charge in [0, 0.05) is 44.1 Å². The number of piperazine rings is 1. The highest BCUT2D eigenvalue weighted by atomic mass is 127. The van der Waals surface area contributed by atoms with Crippen LogP contribution in [0.25, 0.3) is 0 Å². The van der Waals surface area contributed by atoms with Gasteiger partial charge in [0.05, 0.1) is 6.54 Å². The van der Waals surface area contributed by atoms with Crippen LogP contribution in [-0.4, -0.2) is 54.4 Å². The number of rotatable bonds is 3. The molecule has 0 aliphatic carbocycles. The van der Waals surface area contributed by atoms with E-state index in [2.05, 4.69) is 31.1 Å². The molecule has 0 radical (unpaired) electrons. The predicted octanol–water partition coefficient (Wildman–Crippen LogP) is 2.84. The van der Waals surface area contributed by atoms with Crippen LogP contribution in [-0.2, 0) is 11.3 Å². The summed E-state index contributed by atoms with van der Waals surface area (Å²) < 4.78 is 14.1. The fourth-order valence-electron chi connectivity index (χ4n) is 2.53. The van der Waals surface area contributed by atoms with Gasteiger partial charge in [0.25, 0.3) is 0 Å². The number of aliphatic imine (C=N–C) groups is 1. The normalized spacial score (nSPS) is 15.1. The maximum absolute atomic E-state index is 13.4. The highest BCUT2D eigenvalue weighted by Crippen LogP contribution is 2.15. The summed E-state index contributed by atoms with van der Waals surface area (Å²) in [7, 11) is 0. The second-order valence-corrected chi connectivity index (χ2v) is 6.36. The summed E-state index contributed by atoms with van der Waals surface area (Å²) >= 11 is 3.30. The van der Waals surface area contributed by atoms with Crippen LogP contribution in [0.5, 0.6) is 0 Å². The third-order valence-corrected chi connectivity index (χ3v) is 4.15. The summed E-state index contributed by atoms with van der Waals surface area (Å²) in [6.07, 6.45) is 0. The molecule has 2 rings (SSSR count). The van der Waals surface area contributed by atoms with Gasteiger partial charge >= 0.3 is 0 Å². The lowest BCUT2D eigenvalue weighted by atomic mass is 10.2. The summed E-state index contributed by atoms with van der Waals surface area (Å²) in [5.74, 6) is 0.636. The summed E-state index contributed by atoms with van der Waals surface area (Å²) in [6.45, 7) is 7.67. The van der Waals surface area contributed by atoms with Crippen LogP contribution >= 0.6 is 39.9 Å². The van der Waals surface area contributed by atoms with Crippen molar-refractivity contribution in [2.45, 2.75) is 20.4 Å². The average molecular weight is 513 g/mol. The van der Waals surface area contributed by atoms with Gasteiger partial charge in [-0.2, -0.15) is 0 Å². The summed E-state index contributed by atoms with van der Waals surface area (Å²) in [6, 6.07) is 4.79. The fourth-order valence-corrected chi connectivity index (χ4v) is 3.04. The number of nitrogens with zero attached hydrogens (tertiary/aromatic N) is 3. The number of carbonyl (C=O) groups excluding carboxylic acids is 1. The molecule has 0 atom stereocenters. The van der Waals surface area contributed by atoms with E-state index in [4.69, 9.17) is 0 Å². The Morgan fingerprint density at radius 2 is 1.88 bits per heavy atom. The van der Waals surface area contributed by atoms with Crippen molar-refractivity contribution in [3.63, 3.8) is 0 Å². The first-order valence-electron chi connectivity index (χ1n) is 7.73. The molecule has 1 aromatic rings. The first kappa shape index (κ1) is 21.1. The summed E-state index contributed by atoms with van der Waals surface area (Å²) in [5, 5.41) is 3.26. The Hall–Kier alpha value is -0.900. The lowest BCUT2D eigenvalue weighted by Crippen LogP contribution is -2.53. The maximum Gasteiger partial charge on any atom is 0.219 e. The fraction of sp³-hybridized carbons (Fsp3) is 0.500. The van der Waals surface area contributed by atoms with Crippen molar-refractivity contribution in [3.8, 4) is 0 Å². The van der Waals surface area contributed by atoms with Crippen molar-refractivity contribution < 1.29 is 9.18 Å². The first-order chi connectivity index (χ1) is 11.0. The number of halogens is 3. The molecule has 0 saturated carbocycles. The summed E-state index contributed by atoms with van der Waals surface area (Å²) in [4.78, 5) is 20.0. The first-order valence-corrected chi connectivity index (χ1v) is 8.52. The van der Waals surface area contributed by atoms with Crippen LogP contribution in [0, 0.1) is 5.82 Å². The third-order valence-electron chi connectivity index (χ3n) is 3.69. The van der Waals surface area contributed by atoms with Gasteiger partial charge in [0.1, 0.15) is 5.82 Å². The molecule has 1 saturated heterocycles. The molecule has 8 heteroatoms. The molecule has 0 spiro atoms. The zero-order valence-electron chi connectivity index (χ0n) is 13.9. The number of carbonyl (C=O) groups is 1. The van der Waals surface area contributed by atoms with Crippen molar-refractivity contribution in [1.29, 1.82) is 0 Å². The predicted molar refractivity (Wildman–Crippen MR) is 108 cm³/mol. The van der Waals surface area contributed by atoms with Crippen LogP contribution in [0.1, 0.15) is 19.4 Å². The monoisotopic (exact) mass is 512 g/mol. The number of benzene rings is 1. The number of guanidine groups is 1. The van der Waals surface area contributed by atoms with Gasteiger partial charge < -0.3 is 15.1 Å². The van der Waals surface area contributed by atoms with Crippen LogP contribution in [0.4, 0.5) is 4.39 Å². The van der Waals surface area contributed by atoms with Crippen LogP contribution in [0.15, 0.2) is 27.7 Å². The van der Waals surface area contributed by atoms with Crippen molar-refractivity contribution in [1.82, 2.24) is 15.1 Å². The Morgan fingerprint density at radius 3 is 2.42 bits per heavy atom. The number of hydrogen-bond donors (Lipinski definition) is 1. The largest absolute Gasteiger partial charge is 0.357 e. The van der Waals surface area contributed by atoms with E-state index in [9.17, 15) is 9.18 Å². The molecular formula is C16H23BrFIN4O. The molecule has 1 fully saturated rings. The zero-order chi connectivity index (χ0) is 16.8. The minimum Gasteiger partial charge on any atom is -0.357 e. The summed E-state index contributed by atoms with van der Waals surface area (Å²) in [5.41, 5.74) is 0.814. The quantitative estimate of drug-likeness (QED) is 0.385. The molecule has 1 heterocycles. The van der Waals surface area contributed by atoms with E-state index in [0.717, 1.165) is 31.2 Å². The molecule has 1 aliphatic heterocycles. The molecule has 1 N–H and O–H groups in total. The number of amides is 1. The van der Waals surface area contributed by atoms with Gasteiger partial charge in [-0.1, -0.05) is 15.9 Å². The lowest BCUT2D eigenvalue weighted by molar-refractivity contribution is -0.130. The Labute approximate surface area is 167 Å². The molecule has 0 bridgehead atoms. The topological polar surface area (TPSA) is 47.9 Å². The SMILES string of the molecule is CCNC(=NCc1cc(F)cc(Br)c1)N1CCN(C(C)=O)CC1.I. The van der Waals surface area contributed by atoms with Crippen LogP contribution in [0.3, 0.4) is 0 Å². The highest BCUT2D eigenvalue weighted by Gasteiger charge is 2.20. The van der Waals surface area contributed by atoms with E-state index < -0.39 is 0 Å². The Balaban J connectivity index is 0.00000288. The lowest BCUT2D eigenvalue weighted by Gasteiger charge is -2.36.